The van der Waals surface area contributed by atoms with Gasteiger partial charge < -0.3 is 19.3 Å². The second-order valence-corrected chi connectivity index (χ2v) is 8.72. The highest BCUT2D eigenvalue weighted by atomic mass is 16.5. The molecule has 1 fully saturated rings. The number of aromatic nitrogens is 1. The number of pyridine rings is 1. The number of hydrogen-bond donors (Lipinski definition) is 1. The average Bonchev–Trinajstić information content (AvgIpc) is 2.71. The van der Waals surface area contributed by atoms with Crippen LogP contribution in [-0.4, -0.2) is 66.3 Å². The smallest absolute Gasteiger partial charge is 0.339 e. The van der Waals surface area contributed by atoms with Gasteiger partial charge in [0.1, 0.15) is 11.3 Å². The number of rotatable bonds is 6. The summed E-state index contributed by atoms with van der Waals surface area (Å²) >= 11 is 0. The largest absolute Gasteiger partial charge is 0.496 e. The Balaban J connectivity index is 1.62. The van der Waals surface area contributed by atoms with Crippen LogP contribution < -0.4 is 10.3 Å². The van der Waals surface area contributed by atoms with E-state index < -0.39 is 5.97 Å². The molecule has 0 aliphatic carbocycles. The van der Waals surface area contributed by atoms with E-state index in [1.165, 1.54) is 7.11 Å². The standard InChI is InChI=1S/C23H29N3O4/c1-24(2)14-20-17-10-16(19-5-4-6-22(27)26(19)20)12-25(13-17)11-15-7-8-21(30-3)18(9-15)23(28)29/h4-9,16-17,20H,10-14H2,1-3H3,(H,28,29)/t16-,17+,20+/m1/s1. The molecule has 30 heavy (non-hydrogen) atoms. The number of benzene rings is 1. The number of nitrogens with zero attached hydrogens (tertiary/aromatic N) is 3. The Morgan fingerprint density at radius 1 is 1.23 bits per heavy atom. The number of piperidine rings is 1. The van der Waals surface area contributed by atoms with Crippen molar-refractivity contribution in [3.63, 3.8) is 0 Å². The molecule has 2 aliphatic rings. The van der Waals surface area contributed by atoms with E-state index >= 15 is 0 Å². The summed E-state index contributed by atoms with van der Waals surface area (Å²) in [4.78, 5) is 28.8. The van der Waals surface area contributed by atoms with Crippen LogP contribution in [0.5, 0.6) is 5.75 Å². The molecule has 0 radical (unpaired) electrons. The van der Waals surface area contributed by atoms with Gasteiger partial charge in [0.25, 0.3) is 5.56 Å². The Morgan fingerprint density at radius 2 is 2.03 bits per heavy atom. The van der Waals surface area contributed by atoms with Crippen LogP contribution in [-0.2, 0) is 6.54 Å². The summed E-state index contributed by atoms with van der Waals surface area (Å²) in [7, 11) is 5.58. The Kier molecular flexibility index (Phi) is 5.66. The SMILES string of the molecule is COc1ccc(CN2C[C@H]3C[C@@H](C2)[C@H](CN(C)C)n2c3cccc2=O)cc1C(=O)O. The molecule has 160 valence electrons. The molecule has 7 heteroatoms. The fraction of sp³-hybridized carbons (Fsp3) is 0.478. The monoisotopic (exact) mass is 411 g/mol. The first-order chi connectivity index (χ1) is 14.4. The number of carbonyl (C=O) groups is 1. The zero-order valence-corrected chi connectivity index (χ0v) is 17.7. The van der Waals surface area contributed by atoms with E-state index in [0.29, 0.717) is 24.1 Å². The Labute approximate surface area is 176 Å². The first-order valence-electron chi connectivity index (χ1n) is 10.4. The molecular weight excluding hydrogens is 382 g/mol. The molecule has 0 unspecified atom stereocenters. The maximum atomic E-state index is 12.7. The Bertz CT molecular complexity index is 1000. The van der Waals surface area contributed by atoms with Crippen molar-refractivity contribution in [3.05, 3.63) is 63.6 Å². The zero-order valence-electron chi connectivity index (χ0n) is 17.7. The van der Waals surface area contributed by atoms with Gasteiger partial charge in [0.2, 0.25) is 0 Å². The van der Waals surface area contributed by atoms with Gasteiger partial charge in [-0.25, -0.2) is 4.79 Å². The third-order valence-corrected chi connectivity index (χ3v) is 6.33. The molecule has 1 saturated heterocycles. The molecule has 0 spiro atoms. The summed E-state index contributed by atoms with van der Waals surface area (Å²) < 4.78 is 7.20. The van der Waals surface area contributed by atoms with Gasteiger partial charge in [0, 0.05) is 43.9 Å². The minimum absolute atomic E-state index is 0.0868. The summed E-state index contributed by atoms with van der Waals surface area (Å²) in [6.45, 7) is 3.27. The minimum Gasteiger partial charge on any atom is -0.496 e. The van der Waals surface area contributed by atoms with Crippen molar-refractivity contribution < 1.29 is 14.6 Å². The third kappa shape index (κ3) is 3.87. The van der Waals surface area contributed by atoms with Crippen molar-refractivity contribution in [2.75, 3.05) is 40.8 Å². The maximum Gasteiger partial charge on any atom is 0.339 e. The summed E-state index contributed by atoms with van der Waals surface area (Å²) in [6, 6.07) is 11.1. The molecule has 2 aliphatic heterocycles. The van der Waals surface area contributed by atoms with Gasteiger partial charge in [-0.2, -0.15) is 0 Å². The number of likely N-dealkylation sites (tertiary alicyclic amines) is 1. The van der Waals surface area contributed by atoms with Crippen LogP contribution in [0.4, 0.5) is 0 Å². The van der Waals surface area contributed by atoms with Crippen molar-refractivity contribution in [3.8, 4) is 5.75 Å². The topological polar surface area (TPSA) is 75.0 Å². The lowest BCUT2D eigenvalue weighted by atomic mass is 9.78. The van der Waals surface area contributed by atoms with Crippen LogP contribution in [0.15, 0.2) is 41.2 Å². The number of carboxylic acids is 1. The average molecular weight is 412 g/mol. The number of methoxy groups -OCH3 is 1. The van der Waals surface area contributed by atoms with Crippen molar-refractivity contribution in [2.24, 2.45) is 5.92 Å². The fourth-order valence-corrected chi connectivity index (χ4v) is 5.15. The lowest BCUT2D eigenvalue weighted by Crippen LogP contribution is -2.51. The molecule has 2 aromatic rings. The van der Waals surface area contributed by atoms with E-state index in [1.54, 1.807) is 18.2 Å². The molecular formula is C23H29N3O4. The van der Waals surface area contributed by atoms with Gasteiger partial charge in [-0.1, -0.05) is 12.1 Å². The second-order valence-electron chi connectivity index (χ2n) is 8.72. The fourth-order valence-electron chi connectivity index (χ4n) is 5.15. The molecule has 1 aromatic heterocycles. The van der Waals surface area contributed by atoms with Gasteiger partial charge in [-0.3, -0.25) is 9.69 Å². The van der Waals surface area contributed by atoms with E-state index in [9.17, 15) is 14.7 Å². The molecule has 0 saturated carbocycles. The quantitative estimate of drug-likeness (QED) is 0.786. The lowest BCUT2D eigenvalue weighted by Gasteiger charge is -2.47. The summed E-state index contributed by atoms with van der Waals surface area (Å²) in [5, 5.41) is 9.48. The number of aromatic carboxylic acids is 1. The lowest BCUT2D eigenvalue weighted by molar-refractivity contribution is 0.0690. The predicted molar refractivity (Wildman–Crippen MR) is 114 cm³/mol. The first-order valence-corrected chi connectivity index (χ1v) is 10.4. The number of fused-ring (bicyclic) bond motifs is 4. The van der Waals surface area contributed by atoms with Crippen LogP contribution in [0.25, 0.3) is 0 Å². The van der Waals surface area contributed by atoms with Gasteiger partial charge >= 0.3 is 5.97 Å². The first kappa shape index (κ1) is 20.6. The maximum absolute atomic E-state index is 12.7. The Morgan fingerprint density at radius 3 is 2.73 bits per heavy atom. The highest BCUT2D eigenvalue weighted by molar-refractivity contribution is 5.91. The van der Waals surface area contributed by atoms with Gasteiger partial charge in [0.05, 0.1) is 13.2 Å². The number of likely N-dealkylation sites (N-methyl/N-ethyl adjacent to an activating group) is 1. The number of hydrogen-bond acceptors (Lipinski definition) is 5. The molecule has 3 atom stereocenters. The van der Waals surface area contributed by atoms with Crippen molar-refractivity contribution >= 4 is 5.97 Å². The van der Waals surface area contributed by atoms with Crippen LogP contribution in [0.1, 0.15) is 40.0 Å². The summed E-state index contributed by atoms with van der Waals surface area (Å²) in [5.74, 6) is 0.0915. The Hall–Kier alpha value is -2.64. The molecule has 4 rings (SSSR count). The molecule has 1 aromatic carbocycles. The summed E-state index contributed by atoms with van der Waals surface area (Å²) in [6.07, 6.45) is 1.08. The van der Waals surface area contributed by atoms with E-state index in [0.717, 1.165) is 37.3 Å². The van der Waals surface area contributed by atoms with E-state index in [-0.39, 0.29) is 17.2 Å². The van der Waals surface area contributed by atoms with Crippen LogP contribution in [0, 0.1) is 5.92 Å². The molecule has 2 bridgehead atoms. The highest BCUT2D eigenvalue weighted by Crippen LogP contribution is 2.41. The minimum atomic E-state index is -0.983. The third-order valence-electron chi connectivity index (χ3n) is 6.33. The second kappa shape index (κ2) is 8.24. The van der Waals surface area contributed by atoms with Crippen molar-refractivity contribution in [2.45, 2.75) is 24.9 Å². The van der Waals surface area contributed by atoms with Crippen LogP contribution >= 0.6 is 0 Å². The normalized spacial score (nSPS) is 23.3. The van der Waals surface area contributed by atoms with E-state index in [1.807, 2.05) is 30.8 Å². The van der Waals surface area contributed by atoms with Gasteiger partial charge in [-0.15, -0.1) is 0 Å². The van der Waals surface area contributed by atoms with Crippen molar-refractivity contribution in [1.29, 1.82) is 0 Å². The van der Waals surface area contributed by atoms with Crippen molar-refractivity contribution in [1.82, 2.24) is 14.4 Å². The van der Waals surface area contributed by atoms with E-state index in [2.05, 4.69) is 15.9 Å². The predicted octanol–water partition coefficient (Wildman–Crippen LogP) is 2.28. The summed E-state index contributed by atoms with van der Waals surface area (Å²) in [5.41, 5.74) is 2.36. The molecule has 0 amide bonds. The van der Waals surface area contributed by atoms with Crippen LogP contribution in [0.2, 0.25) is 0 Å². The molecule has 3 heterocycles. The molecule has 1 N–H and O–H groups in total. The number of carboxylic acid groups (broad SMARTS) is 1. The van der Waals surface area contributed by atoms with Gasteiger partial charge in [0.15, 0.2) is 0 Å². The highest BCUT2D eigenvalue weighted by Gasteiger charge is 2.40. The zero-order chi connectivity index (χ0) is 21.4. The molecule has 7 nitrogen and oxygen atoms in total. The van der Waals surface area contributed by atoms with Gasteiger partial charge in [-0.05, 0) is 50.2 Å². The van der Waals surface area contributed by atoms with E-state index in [4.69, 9.17) is 4.74 Å². The van der Waals surface area contributed by atoms with Crippen LogP contribution in [0.3, 0.4) is 0 Å². The number of ether oxygens (including phenoxy) is 1.